The molecule has 19 heavy (non-hydrogen) atoms. The van der Waals surface area contributed by atoms with Gasteiger partial charge in [0.05, 0.1) is 0 Å². The van der Waals surface area contributed by atoms with Gasteiger partial charge in [-0.1, -0.05) is 20.8 Å². The van der Waals surface area contributed by atoms with E-state index in [-0.39, 0.29) is 5.41 Å². The molecule has 2 rings (SSSR count). The highest BCUT2D eigenvalue weighted by atomic mass is 32.2. The molecule has 1 saturated heterocycles. The Bertz CT molecular complexity index is 420. The molecule has 0 unspecified atom stereocenters. The molecule has 1 fully saturated rings. The predicted molar refractivity (Wildman–Crippen MR) is 84.4 cm³/mol. The molecule has 5 heteroatoms. The van der Waals surface area contributed by atoms with E-state index in [0.29, 0.717) is 0 Å². The fraction of sp³-hybridized carbons (Fsp3) is 0.714. The third-order valence-corrected chi connectivity index (χ3v) is 4.23. The summed E-state index contributed by atoms with van der Waals surface area (Å²) in [7, 11) is 1.91. The summed E-state index contributed by atoms with van der Waals surface area (Å²) in [4.78, 5) is 11.8. The molecule has 0 aliphatic carbocycles. The summed E-state index contributed by atoms with van der Waals surface area (Å²) in [5.74, 6) is 5.32. The van der Waals surface area contributed by atoms with E-state index in [4.69, 9.17) is 4.98 Å². The second-order valence-corrected chi connectivity index (χ2v) is 7.11. The van der Waals surface area contributed by atoms with Crippen molar-refractivity contribution in [3.63, 3.8) is 0 Å². The van der Waals surface area contributed by atoms with E-state index < -0.39 is 0 Å². The van der Waals surface area contributed by atoms with Crippen molar-refractivity contribution >= 4 is 23.4 Å². The largest absolute Gasteiger partial charge is 0.373 e. The van der Waals surface area contributed by atoms with Crippen molar-refractivity contribution in [3.8, 4) is 0 Å². The quantitative estimate of drug-likeness (QED) is 0.902. The predicted octanol–water partition coefficient (Wildman–Crippen LogP) is 2.76. The third-order valence-electron chi connectivity index (χ3n) is 3.19. The van der Waals surface area contributed by atoms with Crippen molar-refractivity contribution in [2.24, 2.45) is 0 Å². The summed E-state index contributed by atoms with van der Waals surface area (Å²) in [6.45, 7) is 8.64. The van der Waals surface area contributed by atoms with Crippen molar-refractivity contribution < 1.29 is 0 Å². The standard InChI is InChI=1S/C14H24N4S/c1-14(2,3)13-16-11(15-4)10-12(17-13)18-6-5-8-19-9-7-18/h10H,5-9H2,1-4H3,(H,15,16,17). The summed E-state index contributed by atoms with van der Waals surface area (Å²) >= 11 is 2.03. The van der Waals surface area contributed by atoms with Gasteiger partial charge in [0.1, 0.15) is 17.5 Å². The van der Waals surface area contributed by atoms with Crippen molar-refractivity contribution in [3.05, 3.63) is 11.9 Å². The number of thioether (sulfide) groups is 1. The Balaban J connectivity index is 2.33. The molecule has 0 radical (unpaired) electrons. The Labute approximate surface area is 120 Å². The Hall–Kier alpha value is -0.970. The maximum absolute atomic E-state index is 4.78. The van der Waals surface area contributed by atoms with Gasteiger partial charge in [-0.3, -0.25) is 0 Å². The monoisotopic (exact) mass is 280 g/mol. The topological polar surface area (TPSA) is 41.0 Å². The normalized spacial score (nSPS) is 17.2. The molecule has 1 aliphatic heterocycles. The van der Waals surface area contributed by atoms with E-state index in [1.807, 2.05) is 18.8 Å². The highest BCUT2D eigenvalue weighted by Crippen LogP contribution is 2.25. The molecule has 0 bridgehead atoms. The average Bonchev–Trinajstić information content (AvgIpc) is 2.66. The van der Waals surface area contributed by atoms with Crippen molar-refractivity contribution in [2.45, 2.75) is 32.6 Å². The van der Waals surface area contributed by atoms with Gasteiger partial charge in [-0.05, 0) is 12.2 Å². The fourth-order valence-electron chi connectivity index (χ4n) is 2.04. The lowest BCUT2D eigenvalue weighted by Gasteiger charge is -2.25. The van der Waals surface area contributed by atoms with Crippen LogP contribution < -0.4 is 10.2 Å². The molecule has 0 aromatic carbocycles. The highest BCUT2D eigenvalue weighted by Gasteiger charge is 2.21. The summed E-state index contributed by atoms with van der Waals surface area (Å²) in [5.41, 5.74) is -0.0256. The first kappa shape index (κ1) is 14.4. The van der Waals surface area contributed by atoms with Gasteiger partial charge in [-0.2, -0.15) is 11.8 Å². The maximum Gasteiger partial charge on any atom is 0.138 e. The van der Waals surface area contributed by atoms with Crippen LogP contribution in [0, 0.1) is 0 Å². The van der Waals surface area contributed by atoms with Crippen LogP contribution in [0.4, 0.5) is 11.6 Å². The molecule has 1 aliphatic rings. The van der Waals surface area contributed by atoms with Crippen LogP contribution in [-0.4, -0.2) is 41.6 Å². The first-order chi connectivity index (χ1) is 9.00. The Morgan fingerprint density at radius 1 is 1.21 bits per heavy atom. The van der Waals surface area contributed by atoms with Gasteiger partial charge in [-0.15, -0.1) is 0 Å². The van der Waals surface area contributed by atoms with Crippen LogP contribution >= 0.6 is 11.8 Å². The van der Waals surface area contributed by atoms with Crippen LogP contribution in [0.1, 0.15) is 33.0 Å². The van der Waals surface area contributed by atoms with E-state index in [2.05, 4.69) is 42.0 Å². The SMILES string of the molecule is CNc1cc(N2CCCSCC2)nc(C(C)(C)C)n1. The molecule has 1 aromatic heterocycles. The summed E-state index contributed by atoms with van der Waals surface area (Å²) < 4.78 is 0. The minimum absolute atomic E-state index is 0.0256. The number of anilines is 2. The smallest absolute Gasteiger partial charge is 0.138 e. The zero-order valence-electron chi connectivity index (χ0n) is 12.4. The Morgan fingerprint density at radius 2 is 2.00 bits per heavy atom. The zero-order chi connectivity index (χ0) is 13.9. The van der Waals surface area contributed by atoms with Crippen molar-refractivity contribution in [1.82, 2.24) is 9.97 Å². The second kappa shape index (κ2) is 5.99. The Kier molecular flexibility index (Phi) is 4.55. The molecule has 1 aromatic rings. The first-order valence-corrected chi connectivity index (χ1v) is 8.06. The first-order valence-electron chi connectivity index (χ1n) is 6.91. The molecule has 1 N–H and O–H groups in total. The van der Waals surface area contributed by atoms with Gasteiger partial charge in [0.2, 0.25) is 0 Å². The fourth-order valence-corrected chi connectivity index (χ4v) is 2.92. The number of hydrogen-bond donors (Lipinski definition) is 1. The van der Waals surface area contributed by atoms with E-state index in [1.54, 1.807) is 0 Å². The van der Waals surface area contributed by atoms with Crippen LogP contribution in [0.2, 0.25) is 0 Å². The summed E-state index contributed by atoms with van der Waals surface area (Å²) in [6, 6.07) is 2.06. The molecule has 0 amide bonds. The van der Waals surface area contributed by atoms with Crippen LogP contribution in [0.3, 0.4) is 0 Å². The Morgan fingerprint density at radius 3 is 2.68 bits per heavy atom. The number of nitrogens with zero attached hydrogens (tertiary/aromatic N) is 3. The zero-order valence-corrected chi connectivity index (χ0v) is 13.2. The number of rotatable bonds is 2. The molecule has 2 heterocycles. The number of hydrogen-bond acceptors (Lipinski definition) is 5. The second-order valence-electron chi connectivity index (χ2n) is 5.89. The summed E-state index contributed by atoms with van der Waals surface area (Å²) in [5, 5.41) is 3.15. The molecular formula is C14H24N4S. The van der Waals surface area contributed by atoms with Gasteiger partial charge < -0.3 is 10.2 Å². The van der Waals surface area contributed by atoms with E-state index >= 15 is 0 Å². The third kappa shape index (κ3) is 3.75. The van der Waals surface area contributed by atoms with E-state index in [1.165, 1.54) is 17.9 Å². The summed E-state index contributed by atoms with van der Waals surface area (Å²) in [6.07, 6.45) is 1.23. The highest BCUT2D eigenvalue weighted by molar-refractivity contribution is 7.99. The molecule has 0 spiro atoms. The van der Waals surface area contributed by atoms with Gasteiger partial charge in [0, 0.05) is 37.4 Å². The van der Waals surface area contributed by atoms with Crippen LogP contribution in [-0.2, 0) is 5.41 Å². The lowest BCUT2D eigenvalue weighted by atomic mass is 9.96. The van der Waals surface area contributed by atoms with Gasteiger partial charge in [-0.25, -0.2) is 9.97 Å². The van der Waals surface area contributed by atoms with E-state index in [9.17, 15) is 0 Å². The molecule has 4 nitrogen and oxygen atoms in total. The molecule has 0 atom stereocenters. The van der Waals surface area contributed by atoms with Crippen molar-refractivity contribution in [1.29, 1.82) is 0 Å². The maximum atomic E-state index is 4.78. The van der Waals surface area contributed by atoms with Gasteiger partial charge in [0.25, 0.3) is 0 Å². The number of nitrogens with one attached hydrogen (secondary N) is 1. The van der Waals surface area contributed by atoms with Crippen LogP contribution in [0.5, 0.6) is 0 Å². The van der Waals surface area contributed by atoms with Crippen molar-refractivity contribution in [2.75, 3.05) is 41.9 Å². The minimum Gasteiger partial charge on any atom is -0.373 e. The van der Waals surface area contributed by atoms with Gasteiger partial charge in [0.15, 0.2) is 0 Å². The number of aromatic nitrogens is 2. The molecular weight excluding hydrogens is 256 g/mol. The molecule has 0 saturated carbocycles. The minimum atomic E-state index is -0.0256. The lowest BCUT2D eigenvalue weighted by Crippen LogP contribution is -2.28. The van der Waals surface area contributed by atoms with Crippen LogP contribution in [0.15, 0.2) is 6.07 Å². The molecule has 106 valence electrons. The van der Waals surface area contributed by atoms with Gasteiger partial charge >= 0.3 is 0 Å². The lowest BCUT2D eigenvalue weighted by molar-refractivity contribution is 0.545. The van der Waals surface area contributed by atoms with Crippen LogP contribution in [0.25, 0.3) is 0 Å². The van der Waals surface area contributed by atoms with E-state index in [0.717, 1.165) is 30.5 Å². The average molecular weight is 280 g/mol.